The Balaban J connectivity index is 1.92. The SMILES string of the molecule is [2H]C1([2H])C(=O)[C@@]2(C([2H])([2H])[2H])C[C@H](O)[C@H]3[C@@H](CCC4=CC(=O)CC[C@@]43C)[C@@H]2C1([2H])[2H]. The van der Waals surface area contributed by atoms with Crippen molar-refractivity contribution in [3.8, 4) is 0 Å². The predicted molar refractivity (Wildman–Crippen MR) is 83.1 cm³/mol. The van der Waals surface area contributed by atoms with Gasteiger partial charge in [-0.2, -0.15) is 0 Å². The summed E-state index contributed by atoms with van der Waals surface area (Å²) in [5, 5.41) is 11.1. The van der Waals surface area contributed by atoms with Gasteiger partial charge in [-0.3, -0.25) is 9.59 Å². The molecule has 4 aliphatic rings. The van der Waals surface area contributed by atoms with E-state index in [1.807, 2.05) is 6.92 Å². The second-order valence-corrected chi connectivity index (χ2v) is 7.60. The molecule has 120 valence electrons. The Bertz CT molecular complexity index is 817. The molecule has 3 fully saturated rings. The number of ketones is 2. The van der Waals surface area contributed by atoms with Gasteiger partial charge in [0.15, 0.2) is 5.78 Å². The van der Waals surface area contributed by atoms with E-state index in [0.29, 0.717) is 25.7 Å². The zero-order valence-electron chi connectivity index (χ0n) is 19.7. The number of hydrogen-bond donors (Lipinski definition) is 1. The quantitative estimate of drug-likeness (QED) is 0.748. The smallest absolute Gasteiger partial charge is 0.155 e. The van der Waals surface area contributed by atoms with Crippen LogP contribution >= 0.6 is 0 Å². The molecular formula is C19H26O3. The second kappa shape index (κ2) is 4.53. The highest BCUT2D eigenvalue weighted by Gasteiger charge is 2.61. The molecule has 0 saturated heterocycles. The number of carbonyl (C=O) groups excluding carboxylic acids is 2. The average molecular weight is 309 g/mol. The summed E-state index contributed by atoms with van der Waals surface area (Å²) < 4.78 is 57.7. The Labute approximate surface area is 142 Å². The van der Waals surface area contributed by atoms with Crippen molar-refractivity contribution in [1.82, 2.24) is 0 Å². The highest BCUT2D eigenvalue weighted by Crippen LogP contribution is 2.64. The van der Waals surface area contributed by atoms with Crippen molar-refractivity contribution in [3.05, 3.63) is 11.6 Å². The maximum absolute atomic E-state index is 13.1. The van der Waals surface area contributed by atoms with E-state index in [1.165, 1.54) is 0 Å². The highest BCUT2D eigenvalue weighted by atomic mass is 16.3. The second-order valence-electron chi connectivity index (χ2n) is 7.60. The fourth-order valence-corrected chi connectivity index (χ4v) is 5.44. The van der Waals surface area contributed by atoms with Crippen LogP contribution in [0.1, 0.15) is 68.2 Å². The van der Waals surface area contributed by atoms with Crippen LogP contribution < -0.4 is 0 Å². The van der Waals surface area contributed by atoms with Gasteiger partial charge in [0.25, 0.3) is 0 Å². The lowest BCUT2D eigenvalue weighted by Gasteiger charge is -2.58. The van der Waals surface area contributed by atoms with Gasteiger partial charge in [0.1, 0.15) is 5.78 Å². The fraction of sp³-hybridized carbons (Fsp3) is 0.789. The largest absolute Gasteiger partial charge is 0.393 e. The molecule has 0 radical (unpaired) electrons. The van der Waals surface area contributed by atoms with Crippen LogP contribution in [0.25, 0.3) is 0 Å². The molecular weight excluding hydrogens is 276 g/mol. The molecule has 0 unspecified atom stereocenters. The Morgan fingerprint density at radius 1 is 1.36 bits per heavy atom. The van der Waals surface area contributed by atoms with Gasteiger partial charge in [-0.15, -0.1) is 0 Å². The van der Waals surface area contributed by atoms with E-state index in [0.717, 1.165) is 5.57 Å². The van der Waals surface area contributed by atoms with E-state index in [4.69, 9.17) is 9.60 Å². The molecule has 0 heterocycles. The maximum atomic E-state index is 13.1. The molecule has 3 nitrogen and oxygen atoms in total. The van der Waals surface area contributed by atoms with Crippen LogP contribution in [-0.4, -0.2) is 22.8 Å². The van der Waals surface area contributed by atoms with E-state index in [9.17, 15) is 14.7 Å². The molecule has 6 atom stereocenters. The van der Waals surface area contributed by atoms with Crippen LogP contribution in [0.3, 0.4) is 0 Å². The predicted octanol–water partition coefficient (Wildman–Crippen LogP) is 3.06. The lowest BCUT2D eigenvalue weighted by atomic mass is 9.46. The van der Waals surface area contributed by atoms with Gasteiger partial charge in [-0.1, -0.05) is 19.3 Å². The molecule has 0 aromatic carbocycles. The van der Waals surface area contributed by atoms with Gasteiger partial charge in [-0.05, 0) is 61.3 Å². The number of fused-ring (bicyclic) bond motifs is 5. The fourth-order valence-electron chi connectivity index (χ4n) is 5.44. The summed E-state index contributed by atoms with van der Waals surface area (Å²) in [4.78, 5) is 25.1. The zero-order chi connectivity index (χ0) is 21.8. The Hall–Kier alpha value is -0.960. The van der Waals surface area contributed by atoms with Crippen LogP contribution in [0, 0.1) is 28.6 Å². The molecule has 0 amide bonds. The molecule has 0 aromatic heterocycles. The number of Topliss-reactive ketones (excluding diaryl/α,β-unsaturated/α-hetero) is 1. The monoisotopic (exact) mass is 309 g/mol. The first-order chi connectivity index (χ1) is 13.1. The summed E-state index contributed by atoms with van der Waals surface area (Å²) in [5.74, 6) is -3.77. The molecule has 3 saturated carbocycles. The molecule has 22 heavy (non-hydrogen) atoms. The van der Waals surface area contributed by atoms with E-state index in [-0.39, 0.29) is 5.78 Å². The van der Waals surface area contributed by atoms with Gasteiger partial charge in [0, 0.05) is 27.8 Å². The third kappa shape index (κ3) is 1.72. The molecule has 0 aromatic rings. The van der Waals surface area contributed by atoms with Crippen molar-refractivity contribution in [3.63, 3.8) is 0 Å². The number of allylic oxidation sites excluding steroid dienone is 1. The number of carbonyl (C=O) groups is 2. The van der Waals surface area contributed by atoms with Gasteiger partial charge in [-0.25, -0.2) is 0 Å². The molecule has 0 spiro atoms. The molecule has 4 rings (SSSR count). The van der Waals surface area contributed by atoms with Crippen molar-refractivity contribution in [2.75, 3.05) is 0 Å². The summed E-state index contributed by atoms with van der Waals surface area (Å²) in [6.45, 7) is -1.01. The third-order valence-electron chi connectivity index (χ3n) is 6.55. The number of rotatable bonds is 0. The Kier molecular flexibility index (Phi) is 1.81. The minimum absolute atomic E-state index is 0.0146. The number of aliphatic hydroxyl groups is 1. The third-order valence-corrected chi connectivity index (χ3v) is 6.55. The first kappa shape index (κ1) is 8.77. The number of aliphatic hydroxyl groups excluding tert-OH is 1. The average Bonchev–Trinajstić information content (AvgIpc) is 2.70. The van der Waals surface area contributed by atoms with Gasteiger partial charge < -0.3 is 5.11 Å². The summed E-state index contributed by atoms with van der Waals surface area (Å²) in [5.41, 5.74) is -1.95. The topological polar surface area (TPSA) is 54.4 Å². The maximum Gasteiger partial charge on any atom is 0.155 e. The molecule has 1 N–H and O–H groups in total. The number of hydrogen-bond acceptors (Lipinski definition) is 3. The summed E-state index contributed by atoms with van der Waals surface area (Å²) in [6, 6.07) is 0. The Morgan fingerprint density at radius 3 is 2.95 bits per heavy atom. The highest BCUT2D eigenvalue weighted by molar-refractivity contribution is 5.91. The van der Waals surface area contributed by atoms with E-state index >= 15 is 0 Å². The normalized spacial score (nSPS) is 60.8. The molecule has 3 heteroatoms. The van der Waals surface area contributed by atoms with Crippen molar-refractivity contribution in [1.29, 1.82) is 0 Å². The standard InChI is InChI=1S/C19H26O3/c1-18-8-7-12(20)9-11(18)3-4-13-14-5-6-16(22)19(14,2)10-15(21)17(13)18/h9,13-15,17,21H,3-8,10H2,1-2H3/t13-,14-,15-,17+,18-,19-/m0/s1/i2D3,5D2,6D2. The Morgan fingerprint density at radius 2 is 2.18 bits per heavy atom. The van der Waals surface area contributed by atoms with Crippen LogP contribution in [0.5, 0.6) is 0 Å². The first-order valence-electron chi connectivity index (χ1n) is 11.6. The minimum atomic E-state index is -2.94. The van der Waals surface area contributed by atoms with Crippen LogP contribution in [0.4, 0.5) is 0 Å². The minimum Gasteiger partial charge on any atom is -0.393 e. The summed E-state index contributed by atoms with van der Waals surface area (Å²) in [6.07, 6.45) is -4.12. The van der Waals surface area contributed by atoms with E-state index in [2.05, 4.69) is 0 Å². The van der Waals surface area contributed by atoms with E-state index in [1.54, 1.807) is 6.08 Å². The van der Waals surface area contributed by atoms with E-state index < -0.39 is 66.5 Å². The van der Waals surface area contributed by atoms with Gasteiger partial charge in [0.2, 0.25) is 0 Å². The van der Waals surface area contributed by atoms with Gasteiger partial charge in [0.05, 0.1) is 6.10 Å². The summed E-state index contributed by atoms with van der Waals surface area (Å²) in [7, 11) is 0. The van der Waals surface area contributed by atoms with Gasteiger partial charge >= 0.3 is 0 Å². The van der Waals surface area contributed by atoms with Crippen molar-refractivity contribution in [2.45, 2.75) is 64.7 Å². The van der Waals surface area contributed by atoms with Crippen LogP contribution in [0.15, 0.2) is 11.6 Å². The molecule has 4 aliphatic carbocycles. The first-order valence-corrected chi connectivity index (χ1v) is 8.09. The zero-order valence-corrected chi connectivity index (χ0v) is 12.7. The molecule has 0 aliphatic heterocycles. The molecule has 0 bridgehead atoms. The summed E-state index contributed by atoms with van der Waals surface area (Å²) >= 11 is 0. The van der Waals surface area contributed by atoms with Crippen LogP contribution in [-0.2, 0) is 9.59 Å². The van der Waals surface area contributed by atoms with Crippen molar-refractivity contribution in [2.24, 2.45) is 28.6 Å². The van der Waals surface area contributed by atoms with Crippen molar-refractivity contribution >= 4 is 11.6 Å². The van der Waals surface area contributed by atoms with Crippen molar-refractivity contribution < 1.29 is 24.3 Å². The lowest BCUT2D eigenvalue weighted by molar-refractivity contribution is -0.147. The lowest BCUT2D eigenvalue weighted by Crippen LogP contribution is -2.56. The van der Waals surface area contributed by atoms with Crippen LogP contribution in [0.2, 0.25) is 0 Å².